The van der Waals surface area contributed by atoms with E-state index in [1.165, 1.54) is 5.56 Å². The summed E-state index contributed by atoms with van der Waals surface area (Å²) in [7, 11) is 0. The fourth-order valence-corrected chi connectivity index (χ4v) is 3.96. The summed E-state index contributed by atoms with van der Waals surface area (Å²) in [6.07, 6.45) is 5.79. The van der Waals surface area contributed by atoms with Gasteiger partial charge < -0.3 is 20.2 Å². The predicted octanol–water partition coefficient (Wildman–Crippen LogP) is 7.88. The van der Waals surface area contributed by atoms with Crippen LogP contribution in [0.15, 0.2) is 73.2 Å². The van der Waals surface area contributed by atoms with E-state index < -0.39 is 0 Å². The van der Waals surface area contributed by atoms with Gasteiger partial charge in [-0.2, -0.15) is 0 Å². The number of benzene rings is 2. The van der Waals surface area contributed by atoms with Crippen molar-refractivity contribution in [1.82, 2.24) is 14.5 Å². The topological polar surface area (TPSA) is 74.7 Å². The van der Waals surface area contributed by atoms with E-state index in [2.05, 4.69) is 37.4 Å². The molecule has 2 amide bonds. The lowest BCUT2D eigenvalue weighted by atomic mass is 10.1. The second-order valence-corrected chi connectivity index (χ2v) is 7.79. The number of pyridine rings is 1. The number of amides is 2. The summed E-state index contributed by atoms with van der Waals surface area (Å²) >= 11 is 0. The maximum atomic E-state index is 12.7. The molecule has 35 heavy (non-hydrogen) atoms. The molecule has 0 atom stereocenters. The number of aromatic amines is 1. The first-order chi connectivity index (χ1) is 17.1. The molecule has 0 saturated carbocycles. The minimum Gasteiger partial charge on any atom is -0.346 e. The molecule has 6 nitrogen and oxygen atoms in total. The molecule has 0 fully saturated rings. The molecule has 0 bridgehead atoms. The van der Waals surface area contributed by atoms with Gasteiger partial charge in [0.25, 0.3) is 0 Å². The number of urea groups is 1. The van der Waals surface area contributed by atoms with Gasteiger partial charge in [-0.1, -0.05) is 45.9 Å². The third-order valence-electron chi connectivity index (χ3n) is 5.59. The molecule has 0 aliphatic carbocycles. The molecule has 182 valence electrons. The largest absolute Gasteiger partial charge is 0.346 e. The van der Waals surface area contributed by atoms with E-state index in [0.717, 1.165) is 51.0 Å². The van der Waals surface area contributed by atoms with E-state index in [9.17, 15) is 4.79 Å². The van der Waals surface area contributed by atoms with Gasteiger partial charge in [-0.15, -0.1) is 0 Å². The second kappa shape index (κ2) is 11.9. The second-order valence-electron chi connectivity index (χ2n) is 7.79. The van der Waals surface area contributed by atoms with Gasteiger partial charge >= 0.3 is 6.03 Å². The summed E-state index contributed by atoms with van der Waals surface area (Å²) in [5.41, 5.74) is 6.86. The van der Waals surface area contributed by atoms with Gasteiger partial charge in [-0.25, -0.2) is 9.78 Å². The van der Waals surface area contributed by atoms with Gasteiger partial charge in [0.05, 0.1) is 11.2 Å². The zero-order chi connectivity index (χ0) is 25.4. The Morgan fingerprint density at radius 2 is 1.69 bits per heavy atom. The zero-order valence-corrected chi connectivity index (χ0v) is 21.4. The van der Waals surface area contributed by atoms with E-state index in [1.807, 2.05) is 102 Å². The highest BCUT2D eigenvalue weighted by atomic mass is 16.2. The molecule has 2 aromatic carbocycles. The van der Waals surface area contributed by atoms with Crippen LogP contribution in [0.4, 0.5) is 16.2 Å². The smallest absolute Gasteiger partial charge is 0.323 e. The Kier molecular flexibility index (Phi) is 8.68. The third kappa shape index (κ3) is 5.72. The van der Waals surface area contributed by atoms with Crippen molar-refractivity contribution >= 4 is 39.3 Å². The van der Waals surface area contributed by atoms with Crippen LogP contribution in [-0.4, -0.2) is 20.6 Å². The van der Waals surface area contributed by atoms with Crippen molar-refractivity contribution in [2.24, 2.45) is 0 Å². The number of carbonyl (C=O) groups excluding carboxylic acids is 1. The van der Waals surface area contributed by atoms with Gasteiger partial charge in [0.2, 0.25) is 0 Å². The predicted molar refractivity (Wildman–Crippen MR) is 148 cm³/mol. The van der Waals surface area contributed by atoms with Gasteiger partial charge in [0.15, 0.2) is 0 Å². The normalized spacial score (nSPS) is 10.2. The SMILES string of the molecule is CC.CC.Cc1ccc(C)c(NC(=O)Nc2cccc3c2ccn3Cc2ccnc3[nH]ccc23)c1. The number of anilines is 2. The van der Waals surface area contributed by atoms with Gasteiger partial charge in [-0.05, 0) is 66.9 Å². The number of nitrogens with zero attached hydrogens (tertiary/aromatic N) is 2. The van der Waals surface area contributed by atoms with E-state index in [4.69, 9.17) is 0 Å². The molecule has 3 N–H and O–H groups in total. The van der Waals surface area contributed by atoms with E-state index >= 15 is 0 Å². The van der Waals surface area contributed by atoms with Crippen LogP contribution in [0.1, 0.15) is 44.4 Å². The van der Waals surface area contributed by atoms with Crippen molar-refractivity contribution in [3.8, 4) is 0 Å². The Hall–Kier alpha value is -4.06. The number of hydrogen-bond acceptors (Lipinski definition) is 2. The van der Waals surface area contributed by atoms with E-state index in [0.29, 0.717) is 0 Å². The van der Waals surface area contributed by atoms with Crippen LogP contribution >= 0.6 is 0 Å². The first kappa shape index (κ1) is 25.6. The fourth-order valence-electron chi connectivity index (χ4n) is 3.96. The van der Waals surface area contributed by atoms with Crippen LogP contribution < -0.4 is 10.6 Å². The fraction of sp³-hybridized carbons (Fsp3) is 0.241. The zero-order valence-electron chi connectivity index (χ0n) is 21.4. The lowest BCUT2D eigenvalue weighted by Crippen LogP contribution is -2.20. The number of nitrogens with one attached hydrogen (secondary N) is 3. The highest BCUT2D eigenvalue weighted by molar-refractivity contribution is 6.06. The quantitative estimate of drug-likeness (QED) is 0.250. The first-order valence-electron chi connectivity index (χ1n) is 12.2. The summed E-state index contributed by atoms with van der Waals surface area (Å²) in [4.78, 5) is 20.2. The number of aromatic nitrogens is 3. The van der Waals surface area contributed by atoms with Crippen LogP contribution in [0.3, 0.4) is 0 Å². The molecule has 0 unspecified atom stereocenters. The standard InChI is InChI=1S/C25H23N5O.2C2H6/c1-16-6-7-17(2)22(14-16)29-25(31)28-21-4-3-5-23-20(21)10-13-30(23)15-18-8-11-26-24-19(18)9-12-27-24;2*1-2/h3-14H,15H2,1-2H3,(H,26,27)(H2,28,29,31);2*1-2H3. The van der Waals surface area contributed by atoms with Gasteiger partial charge in [0, 0.05) is 41.6 Å². The molecule has 3 aromatic heterocycles. The van der Waals surface area contributed by atoms with E-state index in [1.54, 1.807) is 0 Å². The molecule has 5 rings (SSSR count). The molecule has 0 aliphatic heterocycles. The van der Waals surface area contributed by atoms with Crippen LogP contribution in [0.5, 0.6) is 0 Å². The lowest BCUT2D eigenvalue weighted by molar-refractivity contribution is 0.262. The van der Waals surface area contributed by atoms with Crippen molar-refractivity contribution < 1.29 is 4.79 Å². The third-order valence-corrected chi connectivity index (χ3v) is 5.59. The number of H-pyrrole nitrogens is 1. The Morgan fingerprint density at radius 3 is 2.49 bits per heavy atom. The average Bonchev–Trinajstić information content (AvgIpc) is 3.53. The number of fused-ring (bicyclic) bond motifs is 2. The number of rotatable bonds is 4. The summed E-state index contributed by atoms with van der Waals surface area (Å²) in [6.45, 7) is 12.7. The maximum Gasteiger partial charge on any atom is 0.323 e. The highest BCUT2D eigenvalue weighted by Gasteiger charge is 2.11. The summed E-state index contributed by atoms with van der Waals surface area (Å²) < 4.78 is 2.19. The van der Waals surface area contributed by atoms with Crippen molar-refractivity contribution in [2.45, 2.75) is 48.1 Å². The minimum atomic E-state index is -0.253. The van der Waals surface area contributed by atoms with Crippen LogP contribution in [0.25, 0.3) is 21.9 Å². The average molecular weight is 470 g/mol. The maximum absolute atomic E-state index is 12.7. The van der Waals surface area contributed by atoms with Crippen LogP contribution in [0, 0.1) is 13.8 Å². The number of aryl methyl sites for hydroxylation is 2. The molecule has 3 heterocycles. The molecule has 0 spiro atoms. The van der Waals surface area contributed by atoms with Crippen LogP contribution in [0.2, 0.25) is 0 Å². The summed E-state index contributed by atoms with van der Waals surface area (Å²) in [6, 6.07) is 17.8. The molecular weight excluding hydrogens is 434 g/mol. The Bertz CT molecular complexity index is 1410. The molecule has 6 heteroatoms. The summed E-state index contributed by atoms with van der Waals surface area (Å²) in [5.74, 6) is 0. The molecule has 0 aliphatic rings. The minimum absolute atomic E-state index is 0.253. The highest BCUT2D eigenvalue weighted by Crippen LogP contribution is 2.27. The Labute approximate surface area is 207 Å². The van der Waals surface area contributed by atoms with Gasteiger partial charge in [-0.3, -0.25) is 0 Å². The van der Waals surface area contributed by atoms with E-state index in [-0.39, 0.29) is 6.03 Å². The number of hydrogen-bond donors (Lipinski definition) is 3. The number of carbonyl (C=O) groups is 1. The molecule has 5 aromatic rings. The summed E-state index contributed by atoms with van der Waals surface area (Å²) in [5, 5.41) is 8.08. The molecule has 0 saturated heterocycles. The Morgan fingerprint density at radius 1 is 0.914 bits per heavy atom. The first-order valence-corrected chi connectivity index (χ1v) is 12.2. The molecular formula is C29H35N5O. The van der Waals surface area contributed by atoms with Crippen molar-refractivity contribution in [2.75, 3.05) is 10.6 Å². The monoisotopic (exact) mass is 469 g/mol. The van der Waals surface area contributed by atoms with Crippen LogP contribution in [-0.2, 0) is 6.54 Å². The van der Waals surface area contributed by atoms with Crippen molar-refractivity contribution in [3.63, 3.8) is 0 Å². The molecule has 0 radical (unpaired) electrons. The lowest BCUT2D eigenvalue weighted by Gasteiger charge is -2.12. The van der Waals surface area contributed by atoms with Crippen molar-refractivity contribution in [3.05, 3.63) is 89.9 Å². The Balaban J connectivity index is 0.000000815. The van der Waals surface area contributed by atoms with Gasteiger partial charge in [0.1, 0.15) is 5.65 Å². The van der Waals surface area contributed by atoms with Crippen molar-refractivity contribution in [1.29, 1.82) is 0 Å².